The summed E-state index contributed by atoms with van der Waals surface area (Å²) in [4.78, 5) is 17.6. The molecule has 0 saturated carbocycles. The first kappa shape index (κ1) is 26.1. The summed E-state index contributed by atoms with van der Waals surface area (Å²) in [6.07, 6.45) is 1.61. The van der Waals surface area contributed by atoms with Gasteiger partial charge < -0.3 is 15.0 Å². The van der Waals surface area contributed by atoms with E-state index in [9.17, 15) is 9.90 Å². The molecule has 41 heavy (non-hydrogen) atoms. The number of carbonyl (C=O) groups is 1. The monoisotopic (exact) mass is 555 g/mol. The Morgan fingerprint density at radius 2 is 1.10 bits per heavy atom. The molecule has 0 aliphatic rings. The van der Waals surface area contributed by atoms with Crippen LogP contribution in [0, 0.1) is 0 Å². The third kappa shape index (κ3) is 4.88. The first-order valence-corrected chi connectivity index (χ1v) is 13.6. The third-order valence-electron chi connectivity index (χ3n) is 7.23. The molecule has 0 spiro atoms. The Hall–Kier alpha value is -5.13. The molecular weight excluding hydrogens is 530 g/mol. The van der Waals surface area contributed by atoms with Crippen LogP contribution in [0.4, 0.5) is 11.5 Å². The molecule has 1 aromatic heterocycles. The molecule has 0 amide bonds. The lowest BCUT2D eigenvalue weighted by atomic mass is 9.76. The minimum atomic E-state index is -1.09. The Balaban J connectivity index is 1.50. The van der Waals surface area contributed by atoms with Crippen molar-refractivity contribution in [1.82, 2.24) is 9.55 Å². The van der Waals surface area contributed by atoms with Crippen LogP contribution in [0.1, 0.15) is 27.2 Å². The van der Waals surface area contributed by atoms with Crippen molar-refractivity contribution in [2.24, 2.45) is 0 Å². The number of rotatable bonds is 8. The van der Waals surface area contributed by atoms with Crippen LogP contribution in [0.25, 0.3) is 11.1 Å². The van der Waals surface area contributed by atoms with Crippen LogP contribution in [0.5, 0.6) is 0 Å². The van der Waals surface area contributed by atoms with Crippen molar-refractivity contribution in [2.45, 2.75) is 5.54 Å². The molecule has 0 atom stereocenters. The fraction of sp³-hybridized carbons (Fsp3) is 0.0286. The van der Waals surface area contributed by atoms with Gasteiger partial charge in [0, 0.05) is 10.7 Å². The van der Waals surface area contributed by atoms with Crippen LogP contribution >= 0.6 is 11.6 Å². The topological polar surface area (TPSA) is 67.2 Å². The highest BCUT2D eigenvalue weighted by molar-refractivity contribution is 6.30. The number of carboxylic acid groups (broad SMARTS) is 1. The van der Waals surface area contributed by atoms with Crippen molar-refractivity contribution < 1.29 is 9.90 Å². The molecule has 2 N–H and O–H groups in total. The number of hydrogen-bond donors (Lipinski definition) is 2. The number of aromatic nitrogens is 2. The van der Waals surface area contributed by atoms with E-state index >= 15 is 0 Å². The number of hydrogen-bond acceptors (Lipinski definition) is 3. The second-order valence-electron chi connectivity index (χ2n) is 9.63. The highest BCUT2D eigenvalue weighted by Crippen LogP contribution is 2.43. The van der Waals surface area contributed by atoms with Gasteiger partial charge in [0.1, 0.15) is 5.54 Å². The van der Waals surface area contributed by atoms with Gasteiger partial charge in [-0.3, -0.25) is 0 Å². The number of anilines is 2. The summed E-state index contributed by atoms with van der Waals surface area (Å²) in [6.45, 7) is 0. The molecule has 6 aromatic rings. The largest absolute Gasteiger partial charge is 0.476 e. The number of carboxylic acids is 1. The van der Waals surface area contributed by atoms with E-state index < -0.39 is 11.5 Å². The molecule has 1 heterocycles. The smallest absolute Gasteiger partial charge is 0.356 e. The SMILES string of the molecule is O=C(O)c1c(Nc2ccc(-c3ccc(Cl)cc3)cc2)ncn1C(c1ccccc1)(c1ccccc1)c1ccccc1. The Morgan fingerprint density at radius 3 is 1.54 bits per heavy atom. The molecule has 0 aliphatic carbocycles. The fourth-order valence-electron chi connectivity index (χ4n) is 5.38. The van der Waals surface area contributed by atoms with E-state index in [0.717, 1.165) is 33.5 Å². The van der Waals surface area contributed by atoms with Crippen LogP contribution in [0.3, 0.4) is 0 Å². The Kier molecular flexibility index (Phi) is 7.11. The highest BCUT2D eigenvalue weighted by atomic mass is 35.5. The summed E-state index contributed by atoms with van der Waals surface area (Å²) in [5, 5.41) is 14.6. The van der Waals surface area contributed by atoms with E-state index in [0.29, 0.717) is 5.02 Å². The quantitative estimate of drug-likeness (QED) is 0.185. The lowest BCUT2D eigenvalue weighted by molar-refractivity contribution is 0.0683. The summed E-state index contributed by atoms with van der Waals surface area (Å²) in [5.74, 6) is -0.834. The summed E-state index contributed by atoms with van der Waals surface area (Å²) in [5.41, 5.74) is 4.57. The highest BCUT2D eigenvalue weighted by Gasteiger charge is 2.41. The van der Waals surface area contributed by atoms with E-state index in [2.05, 4.69) is 10.3 Å². The number of benzene rings is 5. The molecule has 0 saturated heterocycles. The third-order valence-corrected chi connectivity index (χ3v) is 7.48. The maximum Gasteiger partial charge on any atom is 0.356 e. The number of imidazole rings is 1. The minimum Gasteiger partial charge on any atom is -0.476 e. The number of nitrogens with one attached hydrogen (secondary N) is 1. The zero-order chi connectivity index (χ0) is 28.2. The standard InChI is InChI=1S/C35H26ClN3O2/c36-30-20-16-25(17-21-30)26-18-22-31(23-19-26)38-33-32(34(40)41)39(24-37-33)35(27-10-4-1-5-11-27,28-12-6-2-7-13-28)29-14-8-3-9-15-29/h1-24,38H,(H,40,41). The van der Waals surface area contributed by atoms with E-state index in [4.69, 9.17) is 11.6 Å². The van der Waals surface area contributed by atoms with E-state index in [-0.39, 0.29) is 11.5 Å². The van der Waals surface area contributed by atoms with E-state index in [1.165, 1.54) is 0 Å². The van der Waals surface area contributed by atoms with Gasteiger partial charge in [-0.2, -0.15) is 0 Å². The molecule has 0 bridgehead atoms. The minimum absolute atomic E-state index is 0.0448. The average Bonchev–Trinajstić information content (AvgIpc) is 3.44. The zero-order valence-electron chi connectivity index (χ0n) is 22.0. The van der Waals surface area contributed by atoms with Gasteiger partial charge in [-0.05, 0) is 52.1 Å². The molecule has 0 aliphatic heterocycles. The first-order valence-electron chi connectivity index (χ1n) is 13.2. The van der Waals surface area contributed by atoms with Gasteiger partial charge in [0.2, 0.25) is 0 Å². The molecule has 200 valence electrons. The fourth-order valence-corrected chi connectivity index (χ4v) is 5.50. The normalized spacial score (nSPS) is 11.2. The van der Waals surface area contributed by atoms with Crippen LogP contribution in [0.2, 0.25) is 5.02 Å². The lowest BCUT2D eigenvalue weighted by Crippen LogP contribution is -2.39. The van der Waals surface area contributed by atoms with Crippen molar-refractivity contribution in [3.8, 4) is 11.1 Å². The Bertz CT molecular complexity index is 1670. The predicted octanol–water partition coefficient (Wildman–Crippen LogP) is 8.49. The van der Waals surface area contributed by atoms with Crippen molar-refractivity contribution in [2.75, 3.05) is 5.32 Å². The second-order valence-corrected chi connectivity index (χ2v) is 10.1. The van der Waals surface area contributed by atoms with Gasteiger partial charge in [-0.1, -0.05) is 127 Å². The van der Waals surface area contributed by atoms with Gasteiger partial charge >= 0.3 is 5.97 Å². The van der Waals surface area contributed by atoms with Crippen LogP contribution in [-0.2, 0) is 5.54 Å². The molecule has 5 nitrogen and oxygen atoms in total. The number of aromatic carboxylic acids is 1. The van der Waals surface area contributed by atoms with Gasteiger partial charge in [-0.15, -0.1) is 0 Å². The molecule has 6 rings (SSSR count). The first-order chi connectivity index (χ1) is 20.1. The molecule has 5 aromatic carbocycles. The maximum absolute atomic E-state index is 13.0. The molecular formula is C35H26ClN3O2. The molecule has 0 radical (unpaired) electrons. The van der Waals surface area contributed by atoms with Crippen molar-refractivity contribution in [3.05, 3.63) is 173 Å². The van der Waals surface area contributed by atoms with Crippen molar-refractivity contribution >= 4 is 29.1 Å². The number of halogens is 1. The second kappa shape index (κ2) is 11.2. The summed E-state index contributed by atoms with van der Waals surface area (Å²) < 4.78 is 1.76. The van der Waals surface area contributed by atoms with Crippen molar-refractivity contribution in [3.63, 3.8) is 0 Å². The van der Waals surface area contributed by atoms with Crippen LogP contribution in [0.15, 0.2) is 146 Å². The molecule has 0 unspecified atom stereocenters. The summed E-state index contributed by atoms with van der Waals surface area (Å²) in [7, 11) is 0. The molecule has 0 fully saturated rings. The van der Waals surface area contributed by atoms with Gasteiger partial charge in [0.05, 0.1) is 6.33 Å². The Labute approximate surface area is 243 Å². The van der Waals surface area contributed by atoms with Crippen molar-refractivity contribution in [1.29, 1.82) is 0 Å². The van der Waals surface area contributed by atoms with E-state index in [1.54, 1.807) is 10.9 Å². The lowest BCUT2D eigenvalue weighted by Gasteiger charge is -2.38. The average molecular weight is 556 g/mol. The van der Waals surface area contributed by atoms with Crippen LogP contribution in [-0.4, -0.2) is 20.6 Å². The van der Waals surface area contributed by atoms with Gasteiger partial charge in [-0.25, -0.2) is 9.78 Å². The molecule has 6 heteroatoms. The summed E-state index contributed by atoms with van der Waals surface area (Å²) >= 11 is 6.04. The van der Waals surface area contributed by atoms with Crippen LogP contribution < -0.4 is 5.32 Å². The maximum atomic E-state index is 13.0. The Morgan fingerprint density at radius 1 is 0.659 bits per heavy atom. The van der Waals surface area contributed by atoms with Gasteiger partial charge in [0.15, 0.2) is 11.5 Å². The predicted molar refractivity (Wildman–Crippen MR) is 164 cm³/mol. The summed E-state index contributed by atoms with van der Waals surface area (Å²) in [6, 6.07) is 45.2. The number of nitrogens with zero attached hydrogens (tertiary/aromatic N) is 2. The van der Waals surface area contributed by atoms with Gasteiger partial charge in [0.25, 0.3) is 0 Å². The zero-order valence-corrected chi connectivity index (χ0v) is 22.7. The van der Waals surface area contributed by atoms with E-state index in [1.807, 2.05) is 140 Å².